The molecule has 0 N–H and O–H groups in total. The van der Waals surface area contributed by atoms with Crippen molar-refractivity contribution in [3.63, 3.8) is 0 Å². The van der Waals surface area contributed by atoms with Gasteiger partial charge in [-0.2, -0.15) is 0 Å². The number of rotatable bonds is 3. The van der Waals surface area contributed by atoms with Gasteiger partial charge in [0.05, 0.1) is 5.71 Å². The molecule has 0 bridgehead atoms. The van der Waals surface area contributed by atoms with E-state index in [1.165, 1.54) is 5.57 Å². The molecule has 13 heavy (non-hydrogen) atoms. The third-order valence-electron chi connectivity index (χ3n) is 1.85. The molecule has 0 aromatic rings. The second-order valence-corrected chi connectivity index (χ2v) is 3.09. The van der Waals surface area contributed by atoms with Gasteiger partial charge in [-0.15, -0.1) is 0 Å². The van der Waals surface area contributed by atoms with Crippen molar-refractivity contribution in [2.24, 2.45) is 4.99 Å². The van der Waals surface area contributed by atoms with Crippen molar-refractivity contribution in [3.05, 3.63) is 36.0 Å². The monoisotopic (exact) mass is 175 g/mol. The predicted octanol–water partition coefficient (Wildman–Crippen LogP) is 3.30. The van der Waals surface area contributed by atoms with Crippen LogP contribution in [0.2, 0.25) is 0 Å². The minimum Gasteiger partial charge on any atom is -0.285 e. The van der Waals surface area contributed by atoms with Crippen molar-refractivity contribution < 1.29 is 0 Å². The van der Waals surface area contributed by atoms with Crippen LogP contribution in [0.15, 0.2) is 40.9 Å². The highest BCUT2D eigenvalue weighted by molar-refractivity contribution is 6.05. The summed E-state index contributed by atoms with van der Waals surface area (Å²) in [5, 5.41) is 0. The van der Waals surface area contributed by atoms with Gasteiger partial charge in [0.1, 0.15) is 0 Å². The Hall–Kier alpha value is -1.11. The lowest BCUT2D eigenvalue weighted by Crippen LogP contribution is -1.94. The van der Waals surface area contributed by atoms with Crippen LogP contribution in [0.5, 0.6) is 0 Å². The fraction of sp³-hybridized carbons (Fsp3) is 0.417. The van der Waals surface area contributed by atoms with Crippen LogP contribution < -0.4 is 0 Å². The summed E-state index contributed by atoms with van der Waals surface area (Å²) in [5.74, 6) is 0. The van der Waals surface area contributed by atoms with Gasteiger partial charge in [-0.3, -0.25) is 4.99 Å². The summed E-state index contributed by atoms with van der Waals surface area (Å²) < 4.78 is 0. The molecule has 0 spiro atoms. The molecule has 70 valence electrons. The predicted molar refractivity (Wildman–Crippen MR) is 59.2 cm³/mol. The molecular weight excluding hydrogens is 158 g/mol. The molecule has 1 nitrogen and oxygen atoms in total. The fourth-order valence-electron chi connectivity index (χ4n) is 1.19. The fourth-order valence-corrected chi connectivity index (χ4v) is 1.19. The average Bonchev–Trinajstić information content (AvgIpc) is 2.17. The van der Waals surface area contributed by atoms with Crippen LogP contribution in [0.3, 0.4) is 0 Å². The first-order valence-corrected chi connectivity index (χ1v) is 4.97. The van der Waals surface area contributed by atoms with Crippen LogP contribution in [-0.4, -0.2) is 12.3 Å². The van der Waals surface area contributed by atoms with Crippen LogP contribution in [0.25, 0.3) is 0 Å². The molecule has 0 amide bonds. The Labute approximate surface area is 80.6 Å². The largest absolute Gasteiger partial charge is 0.285 e. The third kappa shape index (κ3) is 3.41. The Morgan fingerprint density at radius 2 is 1.85 bits per heavy atom. The molecule has 1 aliphatic rings. The van der Waals surface area contributed by atoms with Crippen molar-refractivity contribution in [1.29, 1.82) is 0 Å². The number of hydrogen-bond acceptors (Lipinski definition) is 1. The Kier molecular flexibility index (Phi) is 4.24. The maximum atomic E-state index is 4.41. The highest BCUT2D eigenvalue weighted by Gasteiger charge is 1.95. The van der Waals surface area contributed by atoms with E-state index in [1.54, 1.807) is 0 Å². The second-order valence-electron chi connectivity index (χ2n) is 3.09. The Bertz CT molecular complexity index is 249. The smallest absolute Gasteiger partial charge is 0.0574 e. The zero-order chi connectivity index (χ0) is 9.52. The summed E-state index contributed by atoms with van der Waals surface area (Å²) in [7, 11) is 0. The lowest BCUT2D eigenvalue weighted by Gasteiger charge is -2.01. The van der Waals surface area contributed by atoms with Gasteiger partial charge in [0.15, 0.2) is 0 Å². The SMILES string of the molecule is CCC=C1C=CC(=NCCC)C=C1. The van der Waals surface area contributed by atoms with Crippen molar-refractivity contribution >= 4 is 5.71 Å². The van der Waals surface area contributed by atoms with Crippen LogP contribution in [0, 0.1) is 0 Å². The van der Waals surface area contributed by atoms with Gasteiger partial charge in [-0.1, -0.05) is 32.1 Å². The lowest BCUT2D eigenvalue weighted by atomic mass is 10.1. The van der Waals surface area contributed by atoms with Crippen LogP contribution in [0.1, 0.15) is 26.7 Å². The van der Waals surface area contributed by atoms with E-state index >= 15 is 0 Å². The molecular formula is C12H17N. The van der Waals surface area contributed by atoms with Crippen LogP contribution in [0.4, 0.5) is 0 Å². The molecule has 0 unspecified atom stereocenters. The molecule has 0 aromatic carbocycles. The van der Waals surface area contributed by atoms with E-state index < -0.39 is 0 Å². The number of nitrogens with zero attached hydrogens (tertiary/aromatic N) is 1. The van der Waals surface area contributed by atoms with Crippen molar-refractivity contribution in [2.75, 3.05) is 6.54 Å². The molecule has 0 atom stereocenters. The topological polar surface area (TPSA) is 12.4 Å². The van der Waals surface area contributed by atoms with Gasteiger partial charge in [-0.05, 0) is 30.6 Å². The Morgan fingerprint density at radius 3 is 2.38 bits per heavy atom. The summed E-state index contributed by atoms with van der Waals surface area (Å²) in [4.78, 5) is 4.41. The lowest BCUT2D eigenvalue weighted by molar-refractivity contribution is 0.934. The zero-order valence-electron chi connectivity index (χ0n) is 8.46. The van der Waals surface area contributed by atoms with E-state index in [1.807, 2.05) is 0 Å². The Morgan fingerprint density at radius 1 is 1.15 bits per heavy atom. The minimum absolute atomic E-state index is 0.927. The first-order valence-electron chi connectivity index (χ1n) is 4.97. The van der Waals surface area contributed by atoms with Gasteiger partial charge in [-0.25, -0.2) is 0 Å². The summed E-state index contributed by atoms with van der Waals surface area (Å²) in [6, 6.07) is 0. The second kappa shape index (κ2) is 5.52. The van der Waals surface area contributed by atoms with E-state index in [-0.39, 0.29) is 0 Å². The van der Waals surface area contributed by atoms with Gasteiger partial charge in [0.25, 0.3) is 0 Å². The quantitative estimate of drug-likeness (QED) is 0.624. The van der Waals surface area contributed by atoms with E-state index in [9.17, 15) is 0 Å². The third-order valence-corrected chi connectivity index (χ3v) is 1.85. The molecule has 0 aromatic heterocycles. The molecule has 1 heteroatoms. The minimum atomic E-state index is 0.927. The Balaban J connectivity index is 2.58. The summed E-state index contributed by atoms with van der Waals surface area (Å²) in [5.41, 5.74) is 2.38. The zero-order valence-corrected chi connectivity index (χ0v) is 8.46. The normalized spacial score (nSPS) is 14.9. The molecule has 0 fully saturated rings. The molecule has 0 aliphatic heterocycles. The van der Waals surface area contributed by atoms with Crippen molar-refractivity contribution in [3.8, 4) is 0 Å². The van der Waals surface area contributed by atoms with Gasteiger partial charge in [0.2, 0.25) is 0 Å². The first-order chi connectivity index (χ1) is 6.36. The standard InChI is InChI=1S/C12H17N/c1-3-5-11-6-8-12(9-7-11)13-10-4-2/h5-9H,3-4,10H2,1-2H3. The number of allylic oxidation sites excluding steroid dienone is 6. The molecule has 0 radical (unpaired) electrons. The van der Waals surface area contributed by atoms with Crippen molar-refractivity contribution in [1.82, 2.24) is 0 Å². The van der Waals surface area contributed by atoms with E-state index in [2.05, 4.69) is 49.2 Å². The van der Waals surface area contributed by atoms with E-state index in [4.69, 9.17) is 0 Å². The molecule has 1 rings (SSSR count). The molecule has 1 aliphatic carbocycles. The van der Waals surface area contributed by atoms with Gasteiger partial charge in [0, 0.05) is 6.54 Å². The number of aliphatic imine (C=N–C) groups is 1. The highest BCUT2D eigenvalue weighted by atomic mass is 14.7. The van der Waals surface area contributed by atoms with Crippen molar-refractivity contribution in [2.45, 2.75) is 26.7 Å². The summed E-state index contributed by atoms with van der Waals surface area (Å²) >= 11 is 0. The molecule has 0 heterocycles. The van der Waals surface area contributed by atoms with Gasteiger partial charge < -0.3 is 0 Å². The molecule has 0 saturated heterocycles. The summed E-state index contributed by atoms with van der Waals surface area (Å²) in [6.45, 7) is 5.22. The average molecular weight is 175 g/mol. The summed E-state index contributed by atoms with van der Waals surface area (Å²) in [6.07, 6.45) is 12.8. The van der Waals surface area contributed by atoms with Crippen LogP contribution >= 0.6 is 0 Å². The van der Waals surface area contributed by atoms with Gasteiger partial charge >= 0.3 is 0 Å². The number of hydrogen-bond donors (Lipinski definition) is 0. The molecule has 0 saturated carbocycles. The maximum Gasteiger partial charge on any atom is 0.0574 e. The van der Waals surface area contributed by atoms with E-state index in [0.29, 0.717) is 0 Å². The van der Waals surface area contributed by atoms with Crippen LogP contribution in [-0.2, 0) is 0 Å². The maximum absolute atomic E-state index is 4.41. The first kappa shape index (κ1) is 9.97. The highest BCUT2D eigenvalue weighted by Crippen LogP contribution is 2.07. The van der Waals surface area contributed by atoms with E-state index in [0.717, 1.165) is 25.1 Å².